The van der Waals surface area contributed by atoms with Crippen LogP contribution in [0.15, 0.2) is 54.6 Å². The summed E-state index contributed by atoms with van der Waals surface area (Å²) in [5.74, 6) is -0.435. The Morgan fingerprint density at radius 2 is 1.82 bits per heavy atom. The summed E-state index contributed by atoms with van der Waals surface area (Å²) in [4.78, 5) is 20.6. The molecular formula is C22H23N3O3. The van der Waals surface area contributed by atoms with Crippen molar-refractivity contribution in [2.75, 3.05) is 38.1 Å². The van der Waals surface area contributed by atoms with Gasteiger partial charge in [-0.1, -0.05) is 42.5 Å². The Morgan fingerprint density at radius 3 is 2.54 bits per heavy atom. The molecule has 1 fully saturated rings. The molecule has 6 nitrogen and oxygen atoms in total. The maximum atomic E-state index is 11.7. The number of para-hydroxylation sites is 1. The molecule has 1 saturated heterocycles. The van der Waals surface area contributed by atoms with Crippen LogP contribution in [0.25, 0.3) is 10.9 Å². The topological polar surface area (TPSA) is 65.9 Å². The molecule has 0 saturated carbocycles. The van der Waals surface area contributed by atoms with Crippen LogP contribution in [0.3, 0.4) is 0 Å². The van der Waals surface area contributed by atoms with Crippen LogP contribution in [0.4, 0.5) is 5.69 Å². The van der Waals surface area contributed by atoms with E-state index in [-0.39, 0.29) is 5.69 Å². The second-order valence-electron chi connectivity index (χ2n) is 7.05. The van der Waals surface area contributed by atoms with E-state index in [1.807, 2.05) is 48.5 Å². The zero-order valence-corrected chi connectivity index (χ0v) is 15.8. The van der Waals surface area contributed by atoms with Crippen molar-refractivity contribution in [3.63, 3.8) is 0 Å². The summed E-state index contributed by atoms with van der Waals surface area (Å²) in [6, 6.07) is 17.3. The number of piperazine rings is 1. The second-order valence-corrected chi connectivity index (χ2v) is 7.05. The number of rotatable bonds is 5. The third-order valence-electron chi connectivity index (χ3n) is 5.08. The summed E-state index contributed by atoms with van der Waals surface area (Å²) in [6.45, 7) is 3.99. The third kappa shape index (κ3) is 3.77. The molecule has 3 aromatic rings. The first-order chi connectivity index (χ1) is 13.6. The molecule has 0 unspecified atom stereocenters. The van der Waals surface area contributed by atoms with Crippen LogP contribution in [0.2, 0.25) is 0 Å². The minimum atomic E-state index is -1.03. The molecule has 2 heterocycles. The average Bonchev–Trinajstić information content (AvgIpc) is 2.72. The number of fused-ring (bicyclic) bond motifs is 1. The van der Waals surface area contributed by atoms with E-state index in [0.717, 1.165) is 42.8 Å². The first-order valence-electron chi connectivity index (χ1n) is 9.39. The number of carboxylic acid groups (broad SMARTS) is 1. The van der Waals surface area contributed by atoms with Crippen LogP contribution in [0.1, 0.15) is 16.1 Å². The van der Waals surface area contributed by atoms with Gasteiger partial charge in [-0.2, -0.15) is 0 Å². The lowest BCUT2D eigenvalue weighted by atomic mass is 10.1. The number of carbonyl (C=O) groups is 1. The molecule has 1 aliphatic heterocycles. The molecule has 4 rings (SSSR count). The van der Waals surface area contributed by atoms with Gasteiger partial charge in [0.25, 0.3) is 0 Å². The molecule has 2 aromatic carbocycles. The lowest BCUT2D eigenvalue weighted by molar-refractivity contribution is 0.0691. The number of aromatic nitrogens is 1. The van der Waals surface area contributed by atoms with Gasteiger partial charge in [0.2, 0.25) is 0 Å². The predicted octanol–water partition coefficient (Wildman–Crippen LogP) is 3.26. The number of pyridine rings is 1. The fourth-order valence-electron chi connectivity index (χ4n) is 3.47. The molecule has 0 aliphatic carbocycles. The molecule has 0 radical (unpaired) electrons. The van der Waals surface area contributed by atoms with Gasteiger partial charge in [-0.25, -0.2) is 9.78 Å². The summed E-state index contributed by atoms with van der Waals surface area (Å²) < 4.78 is 6.02. The van der Waals surface area contributed by atoms with E-state index in [0.29, 0.717) is 17.9 Å². The van der Waals surface area contributed by atoms with Crippen molar-refractivity contribution >= 4 is 22.6 Å². The zero-order chi connectivity index (χ0) is 19.5. The molecule has 0 amide bonds. The smallest absolute Gasteiger partial charge is 0.354 e. The molecule has 0 bridgehead atoms. The van der Waals surface area contributed by atoms with Gasteiger partial charge in [0, 0.05) is 37.3 Å². The summed E-state index contributed by atoms with van der Waals surface area (Å²) >= 11 is 0. The van der Waals surface area contributed by atoms with Crippen molar-refractivity contribution in [1.82, 2.24) is 9.88 Å². The predicted molar refractivity (Wildman–Crippen MR) is 109 cm³/mol. The van der Waals surface area contributed by atoms with Crippen molar-refractivity contribution in [2.24, 2.45) is 0 Å². The fraction of sp³-hybridized carbons (Fsp3) is 0.273. The largest absolute Gasteiger partial charge is 0.487 e. The Bertz CT molecular complexity index is 983. The summed E-state index contributed by atoms with van der Waals surface area (Å²) in [6.07, 6.45) is 0. The van der Waals surface area contributed by atoms with Crippen LogP contribution < -0.4 is 9.64 Å². The van der Waals surface area contributed by atoms with Crippen LogP contribution in [0, 0.1) is 0 Å². The van der Waals surface area contributed by atoms with E-state index in [1.165, 1.54) is 0 Å². The van der Waals surface area contributed by atoms with E-state index >= 15 is 0 Å². The van der Waals surface area contributed by atoms with E-state index in [2.05, 4.69) is 21.8 Å². The number of likely N-dealkylation sites (N-methyl/N-ethyl adjacent to an activating group) is 1. The highest BCUT2D eigenvalue weighted by atomic mass is 16.5. The molecule has 6 heteroatoms. The van der Waals surface area contributed by atoms with Crippen molar-refractivity contribution in [1.29, 1.82) is 0 Å². The number of anilines is 1. The Labute approximate surface area is 164 Å². The molecule has 28 heavy (non-hydrogen) atoms. The Morgan fingerprint density at radius 1 is 1.07 bits per heavy atom. The number of hydrogen-bond acceptors (Lipinski definition) is 5. The number of ether oxygens (including phenoxy) is 1. The highest BCUT2D eigenvalue weighted by molar-refractivity contribution is 5.99. The summed E-state index contributed by atoms with van der Waals surface area (Å²) in [5.41, 5.74) is 2.58. The first-order valence-corrected chi connectivity index (χ1v) is 9.39. The minimum absolute atomic E-state index is 0.0391. The summed E-state index contributed by atoms with van der Waals surface area (Å²) in [7, 11) is 2.10. The monoisotopic (exact) mass is 377 g/mol. The van der Waals surface area contributed by atoms with Crippen molar-refractivity contribution in [2.45, 2.75) is 6.61 Å². The lowest BCUT2D eigenvalue weighted by Crippen LogP contribution is -2.44. The molecule has 0 spiro atoms. The van der Waals surface area contributed by atoms with E-state index in [1.54, 1.807) is 6.07 Å². The van der Waals surface area contributed by atoms with E-state index in [9.17, 15) is 9.90 Å². The number of aromatic carboxylic acids is 1. The van der Waals surface area contributed by atoms with Gasteiger partial charge in [0.05, 0.1) is 0 Å². The maximum Gasteiger partial charge on any atom is 0.354 e. The van der Waals surface area contributed by atoms with Gasteiger partial charge in [-0.05, 0) is 24.7 Å². The average molecular weight is 377 g/mol. The second kappa shape index (κ2) is 7.86. The zero-order valence-electron chi connectivity index (χ0n) is 15.8. The summed E-state index contributed by atoms with van der Waals surface area (Å²) in [5, 5.41) is 10.5. The highest BCUT2D eigenvalue weighted by Crippen LogP contribution is 2.33. The molecule has 144 valence electrons. The molecule has 0 atom stereocenters. The number of benzene rings is 2. The van der Waals surface area contributed by atoms with Gasteiger partial charge in [0.15, 0.2) is 5.69 Å². The van der Waals surface area contributed by atoms with Crippen molar-refractivity contribution in [3.05, 3.63) is 65.9 Å². The van der Waals surface area contributed by atoms with Gasteiger partial charge in [-0.3, -0.25) is 0 Å². The first kappa shape index (κ1) is 18.3. The molecule has 1 aliphatic rings. The Kier molecular flexibility index (Phi) is 5.12. The molecular weight excluding hydrogens is 354 g/mol. The quantitative estimate of drug-likeness (QED) is 0.736. The van der Waals surface area contributed by atoms with Crippen LogP contribution in [-0.2, 0) is 6.61 Å². The van der Waals surface area contributed by atoms with Crippen LogP contribution >= 0.6 is 0 Å². The van der Waals surface area contributed by atoms with Gasteiger partial charge in [-0.15, -0.1) is 0 Å². The normalized spacial score (nSPS) is 15.0. The highest BCUT2D eigenvalue weighted by Gasteiger charge is 2.21. The van der Waals surface area contributed by atoms with E-state index in [4.69, 9.17) is 4.74 Å². The van der Waals surface area contributed by atoms with Gasteiger partial charge < -0.3 is 19.6 Å². The number of hydrogen-bond donors (Lipinski definition) is 1. The van der Waals surface area contributed by atoms with Gasteiger partial charge >= 0.3 is 5.97 Å². The Balaban J connectivity index is 1.74. The molecule has 1 aromatic heterocycles. The van der Waals surface area contributed by atoms with E-state index < -0.39 is 5.97 Å². The number of carboxylic acids is 1. The SMILES string of the molecule is CN1CCN(c2cc(C(=O)O)nc3c(OCc4ccccc4)cccc23)CC1. The molecule has 1 N–H and O–H groups in total. The maximum absolute atomic E-state index is 11.7. The Hall–Kier alpha value is -3.12. The van der Waals surface area contributed by atoms with Crippen molar-refractivity contribution in [3.8, 4) is 5.75 Å². The minimum Gasteiger partial charge on any atom is -0.487 e. The van der Waals surface area contributed by atoms with Crippen LogP contribution in [0.5, 0.6) is 5.75 Å². The standard InChI is InChI=1S/C22H23N3O3/c1-24-10-12-25(13-11-24)19-14-18(22(26)27)23-21-17(19)8-5-9-20(21)28-15-16-6-3-2-4-7-16/h2-9,14H,10-13,15H2,1H3,(H,26,27). The van der Waals surface area contributed by atoms with Crippen LogP contribution in [-0.4, -0.2) is 54.2 Å². The van der Waals surface area contributed by atoms with Crippen molar-refractivity contribution < 1.29 is 14.6 Å². The fourth-order valence-corrected chi connectivity index (χ4v) is 3.47. The number of nitrogens with zero attached hydrogens (tertiary/aromatic N) is 3. The lowest BCUT2D eigenvalue weighted by Gasteiger charge is -2.34. The van der Waals surface area contributed by atoms with Gasteiger partial charge in [0.1, 0.15) is 17.9 Å². The third-order valence-corrected chi connectivity index (χ3v) is 5.08.